The minimum absolute atomic E-state index is 0.899. The van der Waals surface area contributed by atoms with Gasteiger partial charge in [0, 0.05) is 13.7 Å². The minimum atomic E-state index is 0.899. The maximum Gasteiger partial charge on any atom is 0.0465 e. The second kappa shape index (κ2) is 3.89. The summed E-state index contributed by atoms with van der Waals surface area (Å²) in [5, 5.41) is 0. The molecule has 0 heterocycles. The van der Waals surface area contributed by atoms with Crippen LogP contribution in [0.1, 0.15) is 25.7 Å². The molecule has 1 saturated carbocycles. The smallest absolute Gasteiger partial charge is 0.0465 e. The quantitative estimate of drug-likeness (QED) is 0.525. The fourth-order valence-corrected chi connectivity index (χ4v) is 1.10. The number of hydrogen-bond donors (Lipinski definition) is 0. The van der Waals surface area contributed by atoms with Gasteiger partial charge in [0.1, 0.15) is 0 Å². The van der Waals surface area contributed by atoms with Gasteiger partial charge < -0.3 is 4.74 Å². The van der Waals surface area contributed by atoms with E-state index in [2.05, 4.69) is 6.42 Å². The van der Waals surface area contributed by atoms with Crippen LogP contribution in [0.5, 0.6) is 0 Å². The first-order chi connectivity index (χ1) is 4.43. The van der Waals surface area contributed by atoms with Gasteiger partial charge in [-0.05, 0) is 18.8 Å². The van der Waals surface area contributed by atoms with Crippen molar-refractivity contribution in [2.75, 3.05) is 13.7 Å². The van der Waals surface area contributed by atoms with E-state index in [-0.39, 0.29) is 0 Å². The van der Waals surface area contributed by atoms with Gasteiger partial charge in [-0.2, -0.15) is 0 Å². The van der Waals surface area contributed by atoms with E-state index in [0.29, 0.717) is 0 Å². The molecular weight excluding hydrogens is 112 g/mol. The highest BCUT2D eigenvalue weighted by Crippen LogP contribution is 2.29. The molecule has 1 radical (unpaired) electrons. The van der Waals surface area contributed by atoms with Crippen molar-refractivity contribution in [3.05, 3.63) is 6.42 Å². The highest BCUT2D eigenvalue weighted by Gasteiger charge is 2.16. The van der Waals surface area contributed by atoms with Crippen LogP contribution in [0, 0.1) is 12.3 Å². The zero-order valence-electron chi connectivity index (χ0n) is 6.10. The molecule has 0 N–H and O–H groups in total. The van der Waals surface area contributed by atoms with Crippen LogP contribution in [0.15, 0.2) is 0 Å². The normalized spacial score (nSPS) is 19.7. The molecule has 1 rings (SSSR count). The van der Waals surface area contributed by atoms with Crippen molar-refractivity contribution in [1.82, 2.24) is 0 Å². The fourth-order valence-electron chi connectivity index (χ4n) is 1.10. The second-order valence-electron chi connectivity index (χ2n) is 2.71. The van der Waals surface area contributed by atoms with Gasteiger partial charge in [-0.3, -0.25) is 0 Å². The average Bonchev–Trinajstić information content (AvgIpc) is 1.76. The lowest BCUT2D eigenvalue weighted by atomic mass is 9.82. The van der Waals surface area contributed by atoms with Gasteiger partial charge in [-0.15, -0.1) is 0 Å². The average molecular weight is 127 g/mol. The predicted octanol–water partition coefficient (Wildman–Crippen LogP) is 2.03. The minimum Gasteiger partial charge on any atom is -0.385 e. The second-order valence-corrected chi connectivity index (χ2v) is 2.71. The molecule has 53 valence electrons. The summed E-state index contributed by atoms with van der Waals surface area (Å²) in [6.07, 6.45) is 7.82. The Morgan fingerprint density at radius 1 is 1.56 bits per heavy atom. The molecule has 0 spiro atoms. The Balaban J connectivity index is 1.80. The van der Waals surface area contributed by atoms with Crippen LogP contribution in [0.2, 0.25) is 0 Å². The number of hydrogen-bond acceptors (Lipinski definition) is 1. The third-order valence-electron chi connectivity index (χ3n) is 1.97. The third kappa shape index (κ3) is 2.35. The van der Waals surface area contributed by atoms with E-state index in [4.69, 9.17) is 4.74 Å². The van der Waals surface area contributed by atoms with Crippen LogP contribution in [-0.4, -0.2) is 13.7 Å². The van der Waals surface area contributed by atoms with Crippen LogP contribution in [0.25, 0.3) is 0 Å². The summed E-state index contributed by atoms with van der Waals surface area (Å²) in [5.74, 6) is 0.931. The van der Waals surface area contributed by atoms with Crippen molar-refractivity contribution in [1.29, 1.82) is 0 Å². The zero-order chi connectivity index (χ0) is 6.53. The van der Waals surface area contributed by atoms with E-state index in [1.807, 2.05) is 0 Å². The fraction of sp³-hybridized carbons (Fsp3) is 0.875. The predicted molar refractivity (Wildman–Crippen MR) is 38.1 cm³/mol. The largest absolute Gasteiger partial charge is 0.385 e. The van der Waals surface area contributed by atoms with Crippen molar-refractivity contribution in [2.24, 2.45) is 5.92 Å². The van der Waals surface area contributed by atoms with E-state index in [9.17, 15) is 0 Å². The molecule has 0 aromatic rings. The van der Waals surface area contributed by atoms with Crippen molar-refractivity contribution in [3.8, 4) is 0 Å². The summed E-state index contributed by atoms with van der Waals surface area (Å²) in [6.45, 7) is 0.899. The monoisotopic (exact) mass is 127 g/mol. The molecule has 0 aliphatic heterocycles. The van der Waals surface area contributed by atoms with Gasteiger partial charge >= 0.3 is 0 Å². The number of methoxy groups -OCH3 is 1. The first kappa shape index (κ1) is 7.07. The van der Waals surface area contributed by atoms with Crippen molar-refractivity contribution in [2.45, 2.75) is 25.7 Å². The van der Waals surface area contributed by atoms with E-state index in [1.54, 1.807) is 7.11 Å². The van der Waals surface area contributed by atoms with Crippen LogP contribution in [-0.2, 0) is 4.74 Å². The van der Waals surface area contributed by atoms with Crippen LogP contribution >= 0.6 is 0 Å². The molecule has 1 aliphatic rings. The van der Waals surface area contributed by atoms with Crippen LogP contribution in [0.4, 0.5) is 0 Å². The molecule has 1 aliphatic carbocycles. The standard InChI is InChI=1S/C8H15O/c1-9-7-3-6-8-4-2-5-8/h6,8H,2-5,7H2,1H3. The summed E-state index contributed by atoms with van der Waals surface area (Å²) in [4.78, 5) is 0. The van der Waals surface area contributed by atoms with Gasteiger partial charge in [-0.25, -0.2) is 0 Å². The molecule has 0 bridgehead atoms. The topological polar surface area (TPSA) is 9.23 Å². The van der Waals surface area contributed by atoms with Crippen molar-refractivity contribution in [3.63, 3.8) is 0 Å². The summed E-state index contributed by atoms with van der Waals surface area (Å²) in [5.41, 5.74) is 0. The molecule has 0 atom stereocenters. The Bertz CT molecular complexity index is 67.0. The molecule has 1 heteroatoms. The molecule has 0 aromatic heterocycles. The van der Waals surface area contributed by atoms with E-state index >= 15 is 0 Å². The van der Waals surface area contributed by atoms with E-state index in [0.717, 1.165) is 18.9 Å². The van der Waals surface area contributed by atoms with E-state index in [1.165, 1.54) is 19.3 Å². The summed E-state index contributed by atoms with van der Waals surface area (Å²) in [7, 11) is 1.76. The number of ether oxygens (including phenoxy) is 1. The maximum absolute atomic E-state index is 4.93. The van der Waals surface area contributed by atoms with Crippen LogP contribution in [0.3, 0.4) is 0 Å². The molecule has 0 saturated heterocycles. The van der Waals surface area contributed by atoms with Gasteiger partial charge in [0.05, 0.1) is 0 Å². The highest BCUT2D eigenvalue weighted by atomic mass is 16.5. The SMILES string of the molecule is COCC[CH]C1CCC1. The lowest BCUT2D eigenvalue weighted by molar-refractivity contribution is 0.194. The Morgan fingerprint density at radius 2 is 2.33 bits per heavy atom. The molecule has 9 heavy (non-hydrogen) atoms. The van der Waals surface area contributed by atoms with Crippen molar-refractivity contribution < 1.29 is 4.74 Å². The Labute approximate surface area is 57.4 Å². The molecular formula is C8H15O. The van der Waals surface area contributed by atoms with Gasteiger partial charge in [0.15, 0.2) is 0 Å². The van der Waals surface area contributed by atoms with Gasteiger partial charge in [0.25, 0.3) is 0 Å². The van der Waals surface area contributed by atoms with Gasteiger partial charge in [-0.1, -0.05) is 19.3 Å². The van der Waals surface area contributed by atoms with Crippen molar-refractivity contribution >= 4 is 0 Å². The van der Waals surface area contributed by atoms with Crippen LogP contribution < -0.4 is 0 Å². The van der Waals surface area contributed by atoms with E-state index < -0.39 is 0 Å². The number of rotatable bonds is 4. The first-order valence-electron chi connectivity index (χ1n) is 3.76. The molecule has 1 nitrogen and oxygen atoms in total. The maximum atomic E-state index is 4.93. The lowest BCUT2D eigenvalue weighted by Crippen LogP contribution is -2.11. The molecule has 0 aromatic carbocycles. The third-order valence-corrected chi connectivity index (χ3v) is 1.97. The Hall–Kier alpha value is -0.0400. The summed E-state index contributed by atoms with van der Waals surface area (Å²) in [6, 6.07) is 0. The Morgan fingerprint density at radius 3 is 2.78 bits per heavy atom. The van der Waals surface area contributed by atoms with Gasteiger partial charge in [0.2, 0.25) is 0 Å². The lowest BCUT2D eigenvalue weighted by Gasteiger charge is -2.24. The summed E-state index contributed by atoms with van der Waals surface area (Å²) < 4.78 is 4.93. The highest BCUT2D eigenvalue weighted by molar-refractivity contribution is 4.82. The molecule has 0 unspecified atom stereocenters. The molecule has 0 amide bonds. The molecule has 1 fully saturated rings. The Kier molecular flexibility index (Phi) is 3.05. The zero-order valence-corrected chi connectivity index (χ0v) is 6.10. The summed E-state index contributed by atoms with van der Waals surface area (Å²) >= 11 is 0. The first-order valence-corrected chi connectivity index (χ1v) is 3.76.